The molecule has 0 aliphatic carbocycles. The summed E-state index contributed by atoms with van der Waals surface area (Å²) in [6.07, 6.45) is 1.41. The van der Waals surface area contributed by atoms with E-state index in [1.54, 1.807) is 18.2 Å². The number of fused-ring (bicyclic) bond motifs is 1. The van der Waals surface area contributed by atoms with Crippen LogP contribution >= 0.6 is 23.2 Å². The Morgan fingerprint density at radius 1 is 1.10 bits per heavy atom. The Bertz CT molecular complexity index is 1110. The van der Waals surface area contributed by atoms with Crippen LogP contribution in [0.5, 0.6) is 5.75 Å². The van der Waals surface area contributed by atoms with E-state index in [1.165, 1.54) is 29.3 Å². The second kappa shape index (κ2) is 7.85. The molecule has 0 atom stereocenters. The van der Waals surface area contributed by atoms with E-state index in [0.717, 1.165) is 6.07 Å². The summed E-state index contributed by atoms with van der Waals surface area (Å²) in [4.78, 5) is 17.7. The van der Waals surface area contributed by atoms with Crippen LogP contribution in [0.15, 0.2) is 48.7 Å². The second-order valence-electron chi connectivity index (χ2n) is 6.24. The molecular formula is C20H13Cl2F2N3O2. The van der Waals surface area contributed by atoms with Gasteiger partial charge in [0.15, 0.2) is 11.6 Å². The number of anilines is 2. The zero-order valence-corrected chi connectivity index (χ0v) is 16.3. The maximum absolute atomic E-state index is 14.3. The molecule has 9 heteroatoms. The van der Waals surface area contributed by atoms with Crippen molar-refractivity contribution >= 4 is 40.6 Å². The van der Waals surface area contributed by atoms with Crippen molar-refractivity contribution in [3.63, 3.8) is 0 Å². The van der Waals surface area contributed by atoms with Crippen molar-refractivity contribution in [2.75, 3.05) is 10.2 Å². The van der Waals surface area contributed by atoms with Crippen molar-refractivity contribution in [1.82, 2.24) is 4.98 Å². The number of pyridine rings is 1. The summed E-state index contributed by atoms with van der Waals surface area (Å²) >= 11 is 12.4. The van der Waals surface area contributed by atoms with Gasteiger partial charge in [-0.3, -0.25) is 9.88 Å². The lowest BCUT2D eigenvalue weighted by Gasteiger charge is -2.30. The minimum absolute atomic E-state index is 0.0181. The minimum atomic E-state index is -0.745. The smallest absolute Gasteiger partial charge is 0.326 e. The van der Waals surface area contributed by atoms with Gasteiger partial charge in [0.05, 0.1) is 17.3 Å². The van der Waals surface area contributed by atoms with Crippen LogP contribution in [-0.4, -0.2) is 11.0 Å². The Kier molecular flexibility index (Phi) is 5.25. The number of hydrogen-bond acceptors (Lipinski definition) is 3. The first-order chi connectivity index (χ1) is 13.9. The van der Waals surface area contributed by atoms with Crippen molar-refractivity contribution in [2.24, 2.45) is 0 Å². The molecule has 1 N–H and O–H groups in total. The van der Waals surface area contributed by atoms with E-state index >= 15 is 0 Å². The van der Waals surface area contributed by atoms with E-state index in [4.69, 9.17) is 27.9 Å². The third kappa shape index (κ3) is 3.83. The molecule has 3 aromatic rings. The number of urea groups is 1. The molecule has 1 aliphatic rings. The molecule has 1 aromatic heterocycles. The molecule has 0 unspecified atom stereocenters. The van der Waals surface area contributed by atoms with Crippen LogP contribution in [-0.2, 0) is 13.2 Å². The number of rotatable bonds is 4. The third-order valence-corrected chi connectivity index (χ3v) is 5.07. The molecule has 5 nitrogen and oxygen atoms in total. The summed E-state index contributed by atoms with van der Waals surface area (Å²) in [7, 11) is 0. The van der Waals surface area contributed by atoms with Crippen LogP contribution in [0, 0.1) is 11.6 Å². The van der Waals surface area contributed by atoms with Gasteiger partial charge in [0.25, 0.3) is 0 Å². The van der Waals surface area contributed by atoms with Crippen LogP contribution in [0.1, 0.15) is 11.3 Å². The third-order valence-electron chi connectivity index (χ3n) is 4.41. The van der Waals surface area contributed by atoms with E-state index in [2.05, 4.69) is 10.3 Å². The number of amides is 2. The van der Waals surface area contributed by atoms with Crippen LogP contribution in [0.3, 0.4) is 0 Å². The van der Waals surface area contributed by atoms with Gasteiger partial charge in [-0.1, -0.05) is 29.3 Å². The summed E-state index contributed by atoms with van der Waals surface area (Å²) in [5, 5.41) is 3.22. The molecule has 0 fully saturated rings. The number of carbonyl (C=O) groups excluding carboxylic acids is 1. The highest BCUT2D eigenvalue weighted by Gasteiger charge is 2.28. The fraction of sp³-hybridized carbons (Fsp3) is 0.100. The average Bonchev–Trinajstić information content (AvgIpc) is 2.69. The lowest BCUT2D eigenvalue weighted by Crippen LogP contribution is -2.39. The zero-order valence-electron chi connectivity index (χ0n) is 14.8. The lowest BCUT2D eigenvalue weighted by molar-refractivity contribution is 0.256. The van der Waals surface area contributed by atoms with Gasteiger partial charge in [-0.25, -0.2) is 13.6 Å². The molecular weight excluding hydrogens is 423 g/mol. The largest absolute Gasteiger partial charge is 0.484 e. The maximum Gasteiger partial charge on any atom is 0.326 e. The van der Waals surface area contributed by atoms with Crippen LogP contribution in [0.25, 0.3) is 0 Å². The Balaban J connectivity index is 1.64. The summed E-state index contributed by atoms with van der Waals surface area (Å²) < 4.78 is 33.5. The van der Waals surface area contributed by atoms with Crippen LogP contribution in [0.2, 0.25) is 10.0 Å². The van der Waals surface area contributed by atoms with Gasteiger partial charge in [-0.2, -0.15) is 0 Å². The van der Waals surface area contributed by atoms with Gasteiger partial charge in [0, 0.05) is 28.5 Å². The fourth-order valence-corrected chi connectivity index (χ4v) is 3.44. The number of ether oxygens (including phenoxy) is 1. The normalized spacial score (nSPS) is 13.1. The number of nitrogens with zero attached hydrogens (tertiary/aromatic N) is 2. The summed E-state index contributed by atoms with van der Waals surface area (Å²) in [5.74, 6) is -1.50. The molecule has 0 saturated heterocycles. The molecule has 2 amide bonds. The fourth-order valence-electron chi connectivity index (χ4n) is 2.95. The Morgan fingerprint density at radius 2 is 1.93 bits per heavy atom. The molecule has 0 bridgehead atoms. The molecule has 29 heavy (non-hydrogen) atoms. The van der Waals surface area contributed by atoms with Gasteiger partial charge < -0.3 is 10.1 Å². The molecule has 0 spiro atoms. The first kappa shape index (κ1) is 19.4. The Labute approximate surface area is 174 Å². The SMILES string of the molecule is O=C1Nc2cccc(Cl)c2CN1c1cc(OCc2ncccc2F)c(F)cc1Cl. The molecule has 2 heterocycles. The summed E-state index contributed by atoms with van der Waals surface area (Å²) in [6.45, 7) is -0.147. The summed E-state index contributed by atoms with van der Waals surface area (Å²) in [6, 6.07) is 9.72. The topological polar surface area (TPSA) is 54.5 Å². The van der Waals surface area contributed by atoms with Crippen molar-refractivity contribution in [2.45, 2.75) is 13.2 Å². The molecule has 1 aliphatic heterocycles. The predicted molar refractivity (Wildman–Crippen MR) is 107 cm³/mol. The average molecular weight is 436 g/mol. The number of carbonyl (C=O) groups is 1. The lowest BCUT2D eigenvalue weighted by atomic mass is 10.1. The van der Waals surface area contributed by atoms with Gasteiger partial charge >= 0.3 is 6.03 Å². The number of nitrogens with one attached hydrogen (secondary N) is 1. The Morgan fingerprint density at radius 3 is 2.72 bits per heavy atom. The molecule has 0 radical (unpaired) electrons. The van der Waals surface area contributed by atoms with Gasteiger partial charge in [0.1, 0.15) is 18.1 Å². The quantitative estimate of drug-likeness (QED) is 0.563. The highest BCUT2D eigenvalue weighted by Crippen LogP contribution is 2.38. The first-order valence-electron chi connectivity index (χ1n) is 8.51. The number of aromatic nitrogens is 1. The van der Waals surface area contributed by atoms with Gasteiger partial charge in [-0.05, 0) is 30.3 Å². The van der Waals surface area contributed by atoms with Crippen molar-refractivity contribution < 1.29 is 18.3 Å². The number of halogens is 4. The predicted octanol–water partition coefficient (Wildman–Crippen LogP) is 5.80. The Hall–Kier alpha value is -2.90. The zero-order chi connectivity index (χ0) is 20.5. The molecule has 148 valence electrons. The monoisotopic (exact) mass is 435 g/mol. The van der Waals surface area contributed by atoms with Gasteiger partial charge in [-0.15, -0.1) is 0 Å². The molecule has 2 aromatic carbocycles. The van der Waals surface area contributed by atoms with Crippen molar-refractivity contribution in [1.29, 1.82) is 0 Å². The van der Waals surface area contributed by atoms with Gasteiger partial charge in [0.2, 0.25) is 0 Å². The van der Waals surface area contributed by atoms with Crippen molar-refractivity contribution in [3.8, 4) is 5.75 Å². The van der Waals surface area contributed by atoms with Crippen molar-refractivity contribution in [3.05, 3.63) is 81.6 Å². The van der Waals surface area contributed by atoms with Crippen LogP contribution in [0.4, 0.5) is 25.0 Å². The van der Waals surface area contributed by atoms with E-state index in [-0.39, 0.29) is 35.3 Å². The van der Waals surface area contributed by atoms with E-state index in [0.29, 0.717) is 16.3 Å². The molecule has 4 rings (SSSR count). The highest BCUT2D eigenvalue weighted by molar-refractivity contribution is 6.34. The van der Waals surface area contributed by atoms with Crippen LogP contribution < -0.4 is 15.0 Å². The number of benzene rings is 2. The second-order valence-corrected chi connectivity index (χ2v) is 7.05. The first-order valence-corrected chi connectivity index (χ1v) is 9.27. The van der Waals surface area contributed by atoms with E-state index in [1.807, 2.05) is 0 Å². The van der Waals surface area contributed by atoms with E-state index < -0.39 is 17.7 Å². The standard InChI is InChI=1S/C20H13Cl2F2N3O2/c21-12-3-1-5-16-11(12)9-27(20(28)26-16)18-8-19(15(24)7-13(18)22)29-10-17-14(23)4-2-6-25-17/h1-8H,9-10H2,(H,26,28). The maximum atomic E-state index is 14.3. The highest BCUT2D eigenvalue weighted by atomic mass is 35.5. The number of hydrogen-bond donors (Lipinski definition) is 1. The summed E-state index contributed by atoms with van der Waals surface area (Å²) in [5.41, 5.74) is 1.55. The van der Waals surface area contributed by atoms with E-state index in [9.17, 15) is 13.6 Å². The minimum Gasteiger partial charge on any atom is -0.484 e. The molecule has 0 saturated carbocycles.